The summed E-state index contributed by atoms with van der Waals surface area (Å²) in [6.45, 7) is 0.670. The van der Waals surface area contributed by atoms with Gasteiger partial charge in [-0.15, -0.1) is 0 Å². The zero-order chi connectivity index (χ0) is 14.7. The topological polar surface area (TPSA) is 52.3 Å². The number of benzene rings is 2. The molecule has 2 aromatic rings. The zero-order valence-corrected chi connectivity index (χ0v) is 11.9. The van der Waals surface area contributed by atoms with E-state index in [0.29, 0.717) is 25.0 Å². The summed E-state index contributed by atoms with van der Waals surface area (Å²) < 4.78 is 5.59. The van der Waals surface area contributed by atoms with Crippen LogP contribution in [0.15, 0.2) is 48.5 Å². The summed E-state index contributed by atoms with van der Waals surface area (Å²) in [5, 5.41) is 0. The summed E-state index contributed by atoms with van der Waals surface area (Å²) >= 11 is 0. The monoisotopic (exact) mass is 281 g/mol. The average Bonchev–Trinajstić information content (AvgIpc) is 3.01. The molecule has 2 aromatic carbocycles. The second-order valence-electron chi connectivity index (χ2n) is 5.37. The molecule has 21 heavy (non-hydrogen) atoms. The van der Waals surface area contributed by atoms with Gasteiger partial charge in [0.2, 0.25) is 0 Å². The molecule has 0 aromatic heterocycles. The van der Waals surface area contributed by atoms with Crippen LogP contribution < -0.4 is 10.5 Å². The first-order chi connectivity index (χ1) is 10.3. The molecular formula is C18H19NO2. The molecule has 0 saturated carbocycles. The van der Waals surface area contributed by atoms with Gasteiger partial charge in [-0.2, -0.15) is 0 Å². The van der Waals surface area contributed by atoms with Crippen molar-refractivity contribution in [3.63, 3.8) is 0 Å². The Hall–Kier alpha value is -2.13. The minimum atomic E-state index is -0.104. The van der Waals surface area contributed by atoms with E-state index < -0.39 is 0 Å². The van der Waals surface area contributed by atoms with E-state index in [1.54, 1.807) is 0 Å². The van der Waals surface area contributed by atoms with Crippen LogP contribution in [0.2, 0.25) is 0 Å². The maximum Gasteiger partial charge on any atom is 0.166 e. The van der Waals surface area contributed by atoms with E-state index in [2.05, 4.69) is 0 Å². The van der Waals surface area contributed by atoms with Gasteiger partial charge in [0.25, 0.3) is 0 Å². The lowest BCUT2D eigenvalue weighted by Crippen LogP contribution is -2.12. The number of carbonyl (C=O) groups excluding carboxylic acids is 1. The average molecular weight is 281 g/mol. The molecule has 1 heterocycles. The first kappa shape index (κ1) is 13.8. The van der Waals surface area contributed by atoms with Crippen molar-refractivity contribution in [3.05, 3.63) is 65.2 Å². The molecule has 1 aliphatic heterocycles. The molecule has 2 N–H and O–H groups in total. The molecule has 0 saturated heterocycles. The van der Waals surface area contributed by atoms with Gasteiger partial charge in [-0.05, 0) is 23.6 Å². The first-order valence-electron chi connectivity index (χ1n) is 7.34. The lowest BCUT2D eigenvalue weighted by molar-refractivity contribution is 0.0974. The highest BCUT2D eigenvalue weighted by Crippen LogP contribution is 2.31. The van der Waals surface area contributed by atoms with Crippen molar-refractivity contribution in [2.75, 3.05) is 6.61 Å². The smallest absolute Gasteiger partial charge is 0.166 e. The number of ether oxygens (including phenoxy) is 1. The highest BCUT2D eigenvalue weighted by atomic mass is 16.5. The summed E-state index contributed by atoms with van der Waals surface area (Å²) in [4.78, 5) is 12.4. The van der Waals surface area contributed by atoms with Gasteiger partial charge >= 0.3 is 0 Å². The van der Waals surface area contributed by atoms with Crippen LogP contribution in [0.4, 0.5) is 0 Å². The Morgan fingerprint density at radius 3 is 2.76 bits per heavy atom. The number of ketones is 1. The van der Waals surface area contributed by atoms with Gasteiger partial charge in [0, 0.05) is 18.9 Å². The van der Waals surface area contributed by atoms with E-state index in [1.807, 2.05) is 48.5 Å². The Bertz CT molecular complexity index is 637. The fourth-order valence-electron chi connectivity index (χ4n) is 2.72. The molecule has 1 atom stereocenters. The highest BCUT2D eigenvalue weighted by Gasteiger charge is 2.20. The van der Waals surface area contributed by atoms with Crippen LogP contribution in [0.5, 0.6) is 5.75 Å². The molecule has 108 valence electrons. The summed E-state index contributed by atoms with van der Waals surface area (Å²) in [7, 11) is 0. The third kappa shape index (κ3) is 2.98. The summed E-state index contributed by atoms with van der Waals surface area (Å²) in [5.41, 5.74) is 9.05. The van der Waals surface area contributed by atoms with Gasteiger partial charge in [-0.1, -0.05) is 42.5 Å². The van der Waals surface area contributed by atoms with E-state index in [0.717, 1.165) is 23.3 Å². The van der Waals surface area contributed by atoms with Crippen molar-refractivity contribution in [2.24, 2.45) is 5.73 Å². The number of fused-ring (bicyclic) bond motifs is 1. The number of nitrogens with two attached hydrogens (primary N) is 1. The number of carbonyl (C=O) groups is 1. The van der Waals surface area contributed by atoms with Gasteiger partial charge in [0.05, 0.1) is 12.2 Å². The van der Waals surface area contributed by atoms with Crippen LogP contribution >= 0.6 is 0 Å². The number of para-hydroxylation sites is 1. The fourth-order valence-corrected chi connectivity index (χ4v) is 2.72. The third-order valence-corrected chi connectivity index (χ3v) is 3.92. The lowest BCUT2D eigenvalue weighted by atomic mass is 9.97. The number of hydrogen-bond acceptors (Lipinski definition) is 3. The Kier molecular flexibility index (Phi) is 4.02. The largest absolute Gasteiger partial charge is 0.492 e. The molecule has 0 amide bonds. The maximum absolute atomic E-state index is 12.4. The van der Waals surface area contributed by atoms with Crippen LogP contribution in [-0.4, -0.2) is 12.4 Å². The molecule has 3 nitrogen and oxygen atoms in total. The van der Waals surface area contributed by atoms with Crippen LogP contribution in [0.25, 0.3) is 0 Å². The van der Waals surface area contributed by atoms with Crippen LogP contribution in [0.1, 0.15) is 40.4 Å². The van der Waals surface area contributed by atoms with Gasteiger partial charge in [0.1, 0.15) is 5.75 Å². The molecular weight excluding hydrogens is 262 g/mol. The SMILES string of the molecule is NC(CCC(=O)c1cccc2c1OCC2)c1ccccc1. The number of hydrogen-bond donors (Lipinski definition) is 1. The normalized spacial score (nSPS) is 14.3. The predicted molar refractivity (Wildman–Crippen MR) is 82.6 cm³/mol. The molecule has 3 rings (SSSR count). The quantitative estimate of drug-likeness (QED) is 0.856. The highest BCUT2D eigenvalue weighted by molar-refractivity contribution is 5.99. The van der Waals surface area contributed by atoms with Crippen molar-refractivity contribution < 1.29 is 9.53 Å². The number of Topliss-reactive ketones (excluding diaryl/α,β-unsaturated/α-hetero) is 1. The Labute approximate surface area is 124 Å². The van der Waals surface area contributed by atoms with E-state index in [1.165, 1.54) is 0 Å². The van der Waals surface area contributed by atoms with E-state index in [4.69, 9.17) is 10.5 Å². The van der Waals surface area contributed by atoms with Gasteiger partial charge in [0.15, 0.2) is 5.78 Å². The molecule has 0 fully saturated rings. The van der Waals surface area contributed by atoms with Crippen molar-refractivity contribution in [3.8, 4) is 5.75 Å². The molecule has 0 bridgehead atoms. The molecule has 1 aliphatic rings. The number of rotatable bonds is 5. The molecule has 0 aliphatic carbocycles. The van der Waals surface area contributed by atoms with E-state index in [9.17, 15) is 4.79 Å². The standard InChI is InChI=1S/C18H19NO2/c19-16(13-5-2-1-3-6-13)9-10-17(20)15-8-4-7-14-11-12-21-18(14)15/h1-8,16H,9-12,19H2. The Morgan fingerprint density at radius 2 is 1.95 bits per heavy atom. The molecule has 0 radical (unpaired) electrons. The summed E-state index contributed by atoms with van der Waals surface area (Å²) in [5.74, 6) is 0.885. The Morgan fingerprint density at radius 1 is 1.14 bits per heavy atom. The first-order valence-corrected chi connectivity index (χ1v) is 7.34. The van der Waals surface area contributed by atoms with Crippen LogP contribution in [0, 0.1) is 0 Å². The van der Waals surface area contributed by atoms with Crippen LogP contribution in [0.3, 0.4) is 0 Å². The van der Waals surface area contributed by atoms with E-state index >= 15 is 0 Å². The maximum atomic E-state index is 12.4. The Balaban J connectivity index is 1.66. The van der Waals surface area contributed by atoms with Crippen LogP contribution in [-0.2, 0) is 6.42 Å². The lowest BCUT2D eigenvalue weighted by Gasteiger charge is -2.12. The second kappa shape index (κ2) is 6.10. The predicted octanol–water partition coefficient (Wildman–Crippen LogP) is 3.28. The molecule has 1 unspecified atom stereocenters. The van der Waals surface area contributed by atoms with Crippen molar-refractivity contribution in [1.29, 1.82) is 0 Å². The second-order valence-corrected chi connectivity index (χ2v) is 5.37. The summed E-state index contributed by atoms with van der Waals surface area (Å²) in [6, 6.07) is 15.6. The van der Waals surface area contributed by atoms with Crippen molar-refractivity contribution in [2.45, 2.75) is 25.3 Å². The van der Waals surface area contributed by atoms with Crippen molar-refractivity contribution in [1.82, 2.24) is 0 Å². The van der Waals surface area contributed by atoms with Gasteiger partial charge < -0.3 is 10.5 Å². The van der Waals surface area contributed by atoms with Gasteiger partial charge in [-0.3, -0.25) is 4.79 Å². The minimum absolute atomic E-state index is 0.104. The third-order valence-electron chi connectivity index (χ3n) is 3.92. The van der Waals surface area contributed by atoms with Crippen molar-refractivity contribution >= 4 is 5.78 Å². The minimum Gasteiger partial charge on any atom is -0.492 e. The van der Waals surface area contributed by atoms with E-state index in [-0.39, 0.29) is 11.8 Å². The van der Waals surface area contributed by atoms with Gasteiger partial charge in [-0.25, -0.2) is 0 Å². The zero-order valence-electron chi connectivity index (χ0n) is 11.9. The fraction of sp³-hybridized carbons (Fsp3) is 0.278. The summed E-state index contributed by atoms with van der Waals surface area (Å²) in [6.07, 6.45) is 1.97. The molecule has 0 spiro atoms. The molecule has 3 heteroatoms.